The average molecular weight is 436 g/mol. The van der Waals surface area contributed by atoms with E-state index >= 15 is 0 Å². The molecule has 2 atom stereocenters. The number of fused-ring (bicyclic) bond motifs is 1. The molecule has 1 aromatic heterocycles. The zero-order valence-corrected chi connectivity index (χ0v) is 18.6. The van der Waals surface area contributed by atoms with E-state index in [9.17, 15) is 9.59 Å². The Morgan fingerprint density at radius 3 is 2.53 bits per heavy atom. The molecule has 0 spiro atoms. The van der Waals surface area contributed by atoms with Crippen LogP contribution in [-0.2, 0) is 16.8 Å². The Bertz CT molecular complexity index is 1130. The number of para-hydroxylation sites is 2. The van der Waals surface area contributed by atoms with E-state index in [2.05, 4.69) is 42.0 Å². The summed E-state index contributed by atoms with van der Waals surface area (Å²) < 4.78 is 2.23. The van der Waals surface area contributed by atoms with Gasteiger partial charge in [0.2, 0.25) is 5.91 Å². The van der Waals surface area contributed by atoms with Crippen molar-refractivity contribution in [2.75, 3.05) is 13.1 Å². The fourth-order valence-corrected chi connectivity index (χ4v) is 4.19. The summed E-state index contributed by atoms with van der Waals surface area (Å²) in [4.78, 5) is 29.3. The second-order valence-electron chi connectivity index (χ2n) is 9.28. The number of aromatic nitrogens is 2. The predicted octanol–water partition coefficient (Wildman–Crippen LogP) is 2.21. The molecule has 2 heterocycles. The molecule has 168 valence electrons. The molecule has 1 aliphatic heterocycles. The van der Waals surface area contributed by atoms with Gasteiger partial charge in [-0.3, -0.25) is 14.8 Å². The molecule has 4 rings (SSSR count). The van der Waals surface area contributed by atoms with Crippen LogP contribution in [0, 0.1) is 5.92 Å². The highest BCUT2D eigenvalue weighted by atomic mass is 16.5. The maximum absolute atomic E-state index is 12.7. The van der Waals surface area contributed by atoms with Gasteiger partial charge in [0.15, 0.2) is 0 Å². The number of nitrogens with one attached hydrogen (secondary N) is 3. The lowest BCUT2D eigenvalue weighted by Crippen LogP contribution is -2.45. The smallest absolute Gasteiger partial charge is 0.251 e. The average Bonchev–Trinajstić information content (AvgIpc) is 3.38. The SMILES string of the molecule is CC(C)(C)c1nc2ccccc2n1Cc1ccc(C(=O)N[C@@H]2CNC[C@@H]2C(=O)NO)cc1. The monoisotopic (exact) mass is 435 g/mol. The standard InChI is InChI=1S/C24H29N5O3/c1-24(2,3)23-27-18-6-4-5-7-20(18)29(23)14-15-8-10-16(11-9-15)21(30)26-19-13-25-12-17(19)22(31)28-32/h4-11,17,19,25,32H,12-14H2,1-3H3,(H,26,30)(H,28,31)/t17-,19+/m0/s1. The topological polar surface area (TPSA) is 108 Å². The van der Waals surface area contributed by atoms with Gasteiger partial charge in [0.05, 0.1) is 23.0 Å². The van der Waals surface area contributed by atoms with E-state index < -0.39 is 11.8 Å². The first kappa shape index (κ1) is 22.0. The Labute approximate surface area is 187 Å². The third-order valence-electron chi connectivity index (χ3n) is 5.86. The van der Waals surface area contributed by atoms with Crippen LogP contribution in [0.3, 0.4) is 0 Å². The lowest BCUT2D eigenvalue weighted by atomic mass is 9.95. The van der Waals surface area contributed by atoms with Crippen molar-refractivity contribution in [2.45, 2.75) is 38.8 Å². The largest absolute Gasteiger partial charge is 0.347 e. The summed E-state index contributed by atoms with van der Waals surface area (Å²) in [5, 5.41) is 14.8. The number of nitrogens with zero attached hydrogens (tertiary/aromatic N) is 2. The third-order valence-corrected chi connectivity index (χ3v) is 5.86. The van der Waals surface area contributed by atoms with Crippen molar-refractivity contribution < 1.29 is 14.8 Å². The van der Waals surface area contributed by atoms with Gasteiger partial charge < -0.3 is 15.2 Å². The first-order valence-corrected chi connectivity index (χ1v) is 10.8. The second-order valence-corrected chi connectivity index (χ2v) is 9.28. The summed E-state index contributed by atoms with van der Waals surface area (Å²) in [5.41, 5.74) is 5.21. The molecular weight excluding hydrogens is 406 g/mol. The number of hydrogen-bond donors (Lipinski definition) is 4. The van der Waals surface area contributed by atoms with Gasteiger partial charge in [0.1, 0.15) is 5.82 Å². The van der Waals surface area contributed by atoms with Crippen molar-refractivity contribution >= 4 is 22.8 Å². The zero-order chi connectivity index (χ0) is 22.9. The quantitative estimate of drug-likeness (QED) is 0.363. The van der Waals surface area contributed by atoms with Crippen LogP contribution >= 0.6 is 0 Å². The Balaban J connectivity index is 1.51. The molecule has 0 radical (unpaired) electrons. The van der Waals surface area contributed by atoms with Crippen molar-refractivity contribution in [2.24, 2.45) is 5.92 Å². The van der Waals surface area contributed by atoms with Gasteiger partial charge in [-0.2, -0.15) is 0 Å². The Kier molecular flexibility index (Phi) is 5.99. The first-order chi connectivity index (χ1) is 15.3. The van der Waals surface area contributed by atoms with E-state index in [-0.39, 0.29) is 17.4 Å². The molecule has 1 aliphatic rings. The molecule has 4 N–H and O–H groups in total. The van der Waals surface area contributed by atoms with Crippen LogP contribution in [0.15, 0.2) is 48.5 Å². The number of carbonyl (C=O) groups is 2. The minimum Gasteiger partial charge on any atom is -0.347 e. The molecule has 8 nitrogen and oxygen atoms in total. The molecule has 2 aromatic carbocycles. The fourth-order valence-electron chi connectivity index (χ4n) is 4.19. The van der Waals surface area contributed by atoms with Crippen LogP contribution in [0.2, 0.25) is 0 Å². The molecule has 0 unspecified atom stereocenters. The molecule has 0 bridgehead atoms. The van der Waals surface area contributed by atoms with Crippen LogP contribution in [0.25, 0.3) is 11.0 Å². The molecule has 32 heavy (non-hydrogen) atoms. The van der Waals surface area contributed by atoms with Crippen molar-refractivity contribution in [3.63, 3.8) is 0 Å². The summed E-state index contributed by atoms with van der Waals surface area (Å²) in [6.45, 7) is 8.00. The third kappa shape index (κ3) is 4.37. The number of benzene rings is 2. The summed E-state index contributed by atoms with van der Waals surface area (Å²) in [5.74, 6) is -0.238. The minimum absolute atomic E-state index is 0.106. The Morgan fingerprint density at radius 1 is 1.12 bits per heavy atom. The maximum Gasteiger partial charge on any atom is 0.251 e. The molecular formula is C24H29N5O3. The lowest BCUT2D eigenvalue weighted by molar-refractivity contribution is -0.133. The number of amides is 2. The van der Waals surface area contributed by atoms with Gasteiger partial charge in [0, 0.05) is 30.6 Å². The van der Waals surface area contributed by atoms with E-state index in [1.807, 2.05) is 30.3 Å². The summed E-state index contributed by atoms with van der Waals surface area (Å²) in [6, 6.07) is 15.2. The van der Waals surface area contributed by atoms with Gasteiger partial charge in [-0.15, -0.1) is 0 Å². The van der Waals surface area contributed by atoms with Gasteiger partial charge in [-0.25, -0.2) is 10.5 Å². The summed E-state index contributed by atoms with van der Waals surface area (Å²) >= 11 is 0. The van der Waals surface area contributed by atoms with E-state index in [1.165, 1.54) is 0 Å². The van der Waals surface area contributed by atoms with Gasteiger partial charge in [-0.05, 0) is 29.8 Å². The highest BCUT2D eigenvalue weighted by Crippen LogP contribution is 2.27. The molecule has 3 aromatic rings. The number of rotatable bonds is 5. The maximum atomic E-state index is 12.7. The predicted molar refractivity (Wildman–Crippen MR) is 122 cm³/mol. The zero-order valence-electron chi connectivity index (χ0n) is 18.6. The van der Waals surface area contributed by atoms with Crippen LogP contribution < -0.4 is 16.1 Å². The van der Waals surface area contributed by atoms with Gasteiger partial charge in [-0.1, -0.05) is 45.0 Å². The Morgan fingerprint density at radius 2 is 1.84 bits per heavy atom. The summed E-state index contributed by atoms with van der Waals surface area (Å²) in [7, 11) is 0. The second kappa shape index (κ2) is 8.72. The van der Waals surface area contributed by atoms with Crippen LogP contribution in [0.1, 0.15) is 42.5 Å². The van der Waals surface area contributed by atoms with Crippen molar-refractivity contribution in [3.05, 3.63) is 65.5 Å². The van der Waals surface area contributed by atoms with Gasteiger partial charge in [0.25, 0.3) is 5.91 Å². The molecule has 2 amide bonds. The van der Waals surface area contributed by atoms with Crippen molar-refractivity contribution in [1.29, 1.82) is 0 Å². The minimum atomic E-state index is -0.506. The number of carbonyl (C=O) groups excluding carboxylic acids is 2. The fraction of sp³-hybridized carbons (Fsp3) is 0.375. The van der Waals surface area contributed by atoms with Crippen molar-refractivity contribution in [3.8, 4) is 0 Å². The molecule has 1 fully saturated rings. The van der Waals surface area contributed by atoms with E-state index in [0.29, 0.717) is 25.2 Å². The van der Waals surface area contributed by atoms with E-state index in [0.717, 1.165) is 22.4 Å². The number of hydroxylamine groups is 1. The first-order valence-electron chi connectivity index (χ1n) is 10.8. The normalized spacial score (nSPS) is 18.6. The number of imidazole rings is 1. The molecule has 8 heteroatoms. The lowest BCUT2D eigenvalue weighted by Gasteiger charge is -2.20. The van der Waals surface area contributed by atoms with Crippen LogP contribution in [-0.4, -0.2) is 45.7 Å². The summed E-state index contributed by atoms with van der Waals surface area (Å²) in [6.07, 6.45) is 0. The van der Waals surface area contributed by atoms with Gasteiger partial charge >= 0.3 is 0 Å². The molecule has 1 saturated heterocycles. The number of hydrogen-bond acceptors (Lipinski definition) is 5. The van der Waals surface area contributed by atoms with Crippen LogP contribution in [0.5, 0.6) is 0 Å². The van der Waals surface area contributed by atoms with Crippen LogP contribution in [0.4, 0.5) is 0 Å². The Hall–Kier alpha value is -3.23. The highest BCUT2D eigenvalue weighted by Gasteiger charge is 2.34. The van der Waals surface area contributed by atoms with Crippen molar-refractivity contribution in [1.82, 2.24) is 25.7 Å². The molecule has 0 aliphatic carbocycles. The van der Waals surface area contributed by atoms with E-state index in [1.54, 1.807) is 17.6 Å². The highest BCUT2D eigenvalue weighted by molar-refractivity contribution is 5.95. The molecule has 0 saturated carbocycles. The van der Waals surface area contributed by atoms with E-state index in [4.69, 9.17) is 10.2 Å².